The molecule has 0 aromatic carbocycles. The summed E-state index contributed by atoms with van der Waals surface area (Å²) in [6, 6.07) is 0. The fourth-order valence-electron chi connectivity index (χ4n) is 2.42. The SMILES string of the molecule is CCCNCCCN1CCCC(CC)C1. The Balaban J connectivity index is 2.00. The van der Waals surface area contributed by atoms with Crippen LogP contribution in [0, 0.1) is 5.92 Å². The van der Waals surface area contributed by atoms with Crippen LogP contribution in [0.2, 0.25) is 0 Å². The summed E-state index contributed by atoms with van der Waals surface area (Å²) in [5.41, 5.74) is 0. The molecule has 90 valence electrons. The Morgan fingerprint density at radius 3 is 2.87 bits per heavy atom. The monoisotopic (exact) mass is 212 g/mol. The Bertz CT molecular complexity index is 147. The van der Waals surface area contributed by atoms with Crippen LogP contribution in [0.15, 0.2) is 0 Å². The van der Waals surface area contributed by atoms with Crippen LogP contribution in [0.3, 0.4) is 0 Å². The molecule has 0 bridgehead atoms. The summed E-state index contributed by atoms with van der Waals surface area (Å²) < 4.78 is 0. The molecule has 2 nitrogen and oxygen atoms in total. The number of rotatable bonds is 7. The average molecular weight is 212 g/mol. The van der Waals surface area contributed by atoms with Crippen LogP contribution in [-0.4, -0.2) is 37.6 Å². The lowest BCUT2D eigenvalue weighted by molar-refractivity contribution is 0.170. The van der Waals surface area contributed by atoms with Crippen LogP contribution in [0.25, 0.3) is 0 Å². The van der Waals surface area contributed by atoms with E-state index in [1.165, 1.54) is 64.8 Å². The molecular formula is C13H28N2. The van der Waals surface area contributed by atoms with Crippen molar-refractivity contribution in [2.75, 3.05) is 32.7 Å². The van der Waals surface area contributed by atoms with Gasteiger partial charge in [0.25, 0.3) is 0 Å². The summed E-state index contributed by atoms with van der Waals surface area (Å²) in [6.45, 7) is 10.9. The van der Waals surface area contributed by atoms with Crippen LogP contribution < -0.4 is 5.32 Å². The van der Waals surface area contributed by atoms with Gasteiger partial charge in [-0.05, 0) is 57.8 Å². The second-order valence-electron chi connectivity index (χ2n) is 4.82. The Kier molecular flexibility index (Phi) is 7.03. The highest BCUT2D eigenvalue weighted by molar-refractivity contribution is 4.72. The Labute approximate surface area is 95.4 Å². The first-order valence-electron chi connectivity index (χ1n) is 6.79. The molecule has 0 aromatic rings. The lowest BCUT2D eigenvalue weighted by atomic mass is 9.95. The van der Waals surface area contributed by atoms with E-state index in [2.05, 4.69) is 24.1 Å². The van der Waals surface area contributed by atoms with E-state index in [1.807, 2.05) is 0 Å². The molecule has 0 aliphatic carbocycles. The molecular weight excluding hydrogens is 184 g/mol. The van der Waals surface area contributed by atoms with Crippen LogP contribution in [-0.2, 0) is 0 Å². The summed E-state index contributed by atoms with van der Waals surface area (Å²) in [5, 5.41) is 3.47. The lowest BCUT2D eigenvalue weighted by Gasteiger charge is -2.32. The van der Waals surface area contributed by atoms with Gasteiger partial charge in [-0.3, -0.25) is 0 Å². The molecule has 1 fully saturated rings. The minimum atomic E-state index is 0.974. The number of likely N-dealkylation sites (tertiary alicyclic amines) is 1. The molecule has 1 heterocycles. The molecule has 0 spiro atoms. The molecule has 0 radical (unpaired) electrons. The second-order valence-corrected chi connectivity index (χ2v) is 4.82. The number of nitrogens with one attached hydrogen (secondary N) is 1. The van der Waals surface area contributed by atoms with Crippen LogP contribution in [0.4, 0.5) is 0 Å². The van der Waals surface area contributed by atoms with Crippen molar-refractivity contribution < 1.29 is 0 Å². The third-order valence-corrected chi connectivity index (χ3v) is 3.44. The quantitative estimate of drug-likeness (QED) is 0.652. The minimum absolute atomic E-state index is 0.974. The van der Waals surface area contributed by atoms with Crippen molar-refractivity contribution in [2.24, 2.45) is 5.92 Å². The predicted octanol–water partition coefficient (Wildman–Crippen LogP) is 2.50. The molecule has 0 aromatic heterocycles. The molecule has 1 atom stereocenters. The van der Waals surface area contributed by atoms with Crippen molar-refractivity contribution in [2.45, 2.75) is 46.0 Å². The average Bonchev–Trinajstić information content (AvgIpc) is 2.29. The van der Waals surface area contributed by atoms with Crippen molar-refractivity contribution in [3.8, 4) is 0 Å². The highest BCUT2D eigenvalue weighted by Gasteiger charge is 2.17. The molecule has 1 N–H and O–H groups in total. The fraction of sp³-hybridized carbons (Fsp3) is 1.00. The van der Waals surface area contributed by atoms with E-state index < -0.39 is 0 Å². The molecule has 1 saturated heterocycles. The number of piperidine rings is 1. The van der Waals surface area contributed by atoms with E-state index in [4.69, 9.17) is 0 Å². The van der Waals surface area contributed by atoms with E-state index >= 15 is 0 Å². The largest absolute Gasteiger partial charge is 0.317 e. The highest BCUT2D eigenvalue weighted by Crippen LogP contribution is 2.18. The van der Waals surface area contributed by atoms with Crippen molar-refractivity contribution in [1.82, 2.24) is 10.2 Å². The zero-order chi connectivity index (χ0) is 10.9. The van der Waals surface area contributed by atoms with E-state index in [9.17, 15) is 0 Å². The summed E-state index contributed by atoms with van der Waals surface area (Å²) in [7, 11) is 0. The fourth-order valence-corrected chi connectivity index (χ4v) is 2.42. The maximum atomic E-state index is 3.47. The zero-order valence-corrected chi connectivity index (χ0v) is 10.6. The highest BCUT2D eigenvalue weighted by atomic mass is 15.1. The smallest absolute Gasteiger partial charge is 0.000957 e. The first kappa shape index (κ1) is 13.0. The molecule has 1 rings (SSSR count). The van der Waals surface area contributed by atoms with Crippen LogP contribution >= 0.6 is 0 Å². The maximum Gasteiger partial charge on any atom is 0.000957 e. The topological polar surface area (TPSA) is 15.3 Å². The van der Waals surface area contributed by atoms with Gasteiger partial charge in [-0.15, -0.1) is 0 Å². The number of hydrogen-bond donors (Lipinski definition) is 1. The summed E-state index contributed by atoms with van der Waals surface area (Å²) >= 11 is 0. The van der Waals surface area contributed by atoms with Gasteiger partial charge in [-0.1, -0.05) is 20.3 Å². The first-order chi connectivity index (χ1) is 7.36. The van der Waals surface area contributed by atoms with Gasteiger partial charge in [0.15, 0.2) is 0 Å². The second kappa shape index (κ2) is 8.12. The van der Waals surface area contributed by atoms with Crippen LogP contribution in [0.5, 0.6) is 0 Å². The summed E-state index contributed by atoms with van der Waals surface area (Å²) in [5.74, 6) is 0.974. The molecule has 2 heteroatoms. The summed E-state index contributed by atoms with van der Waals surface area (Å²) in [6.07, 6.45) is 6.81. The molecule has 1 aliphatic heterocycles. The summed E-state index contributed by atoms with van der Waals surface area (Å²) in [4.78, 5) is 2.66. The van der Waals surface area contributed by atoms with Gasteiger partial charge in [0.05, 0.1) is 0 Å². The van der Waals surface area contributed by atoms with Crippen LogP contribution in [0.1, 0.15) is 46.0 Å². The van der Waals surface area contributed by atoms with Crippen molar-refractivity contribution in [3.05, 3.63) is 0 Å². The Hall–Kier alpha value is -0.0800. The number of hydrogen-bond acceptors (Lipinski definition) is 2. The molecule has 1 aliphatic rings. The molecule has 1 unspecified atom stereocenters. The van der Waals surface area contributed by atoms with Gasteiger partial charge in [0, 0.05) is 6.54 Å². The van der Waals surface area contributed by atoms with Gasteiger partial charge >= 0.3 is 0 Å². The Morgan fingerprint density at radius 1 is 1.27 bits per heavy atom. The molecule has 15 heavy (non-hydrogen) atoms. The van der Waals surface area contributed by atoms with Gasteiger partial charge in [0.2, 0.25) is 0 Å². The van der Waals surface area contributed by atoms with E-state index in [0.29, 0.717) is 0 Å². The van der Waals surface area contributed by atoms with E-state index in [-0.39, 0.29) is 0 Å². The third-order valence-electron chi connectivity index (χ3n) is 3.44. The van der Waals surface area contributed by atoms with E-state index in [0.717, 1.165) is 5.92 Å². The van der Waals surface area contributed by atoms with Gasteiger partial charge in [-0.2, -0.15) is 0 Å². The van der Waals surface area contributed by atoms with Gasteiger partial charge in [0.1, 0.15) is 0 Å². The zero-order valence-electron chi connectivity index (χ0n) is 10.6. The first-order valence-corrected chi connectivity index (χ1v) is 6.79. The standard InChI is InChI=1S/C13H28N2/c1-3-8-14-9-6-11-15-10-5-7-13(4-2)12-15/h13-14H,3-12H2,1-2H3. The van der Waals surface area contributed by atoms with E-state index in [1.54, 1.807) is 0 Å². The predicted molar refractivity (Wildman–Crippen MR) is 67.2 cm³/mol. The molecule has 0 saturated carbocycles. The third kappa shape index (κ3) is 5.53. The van der Waals surface area contributed by atoms with Crippen molar-refractivity contribution in [3.63, 3.8) is 0 Å². The minimum Gasteiger partial charge on any atom is -0.317 e. The van der Waals surface area contributed by atoms with Crippen molar-refractivity contribution in [1.29, 1.82) is 0 Å². The number of nitrogens with zero attached hydrogens (tertiary/aromatic N) is 1. The Morgan fingerprint density at radius 2 is 2.13 bits per heavy atom. The normalized spacial score (nSPS) is 23.2. The van der Waals surface area contributed by atoms with Crippen molar-refractivity contribution >= 4 is 0 Å². The maximum absolute atomic E-state index is 3.47. The van der Waals surface area contributed by atoms with Gasteiger partial charge in [-0.25, -0.2) is 0 Å². The lowest BCUT2D eigenvalue weighted by Crippen LogP contribution is -2.36. The van der Waals surface area contributed by atoms with Gasteiger partial charge < -0.3 is 10.2 Å². The molecule has 0 amide bonds.